The highest BCUT2D eigenvalue weighted by atomic mass is 127. The largest absolute Gasteiger partial charge is 0.491 e. The molecule has 3 aromatic carbocycles. The number of thiazole rings is 1. The highest BCUT2D eigenvalue weighted by molar-refractivity contribution is 14.1. The number of ether oxygens (including phenoxy) is 3. The number of fused-ring (bicyclic) bond motifs is 1. The van der Waals surface area contributed by atoms with E-state index < -0.39 is 12.0 Å². The van der Waals surface area contributed by atoms with Crippen molar-refractivity contribution in [2.24, 2.45) is 4.99 Å². The smallest absolute Gasteiger partial charge is 0.338 e. The molecule has 2 heterocycles. The summed E-state index contributed by atoms with van der Waals surface area (Å²) in [6.45, 7) is 7.82. The molecule has 5 rings (SSSR count). The lowest BCUT2D eigenvalue weighted by molar-refractivity contribution is -0.139. The Hall–Kier alpha value is -3.73. The van der Waals surface area contributed by atoms with Gasteiger partial charge >= 0.3 is 5.97 Å². The van der Waals surface area contributed by atoms with Crippen LogP contribution in [0.1, 0.15) is 56.0 Å². The van der Waals surface area contributed by atoms with Gasteiger partial charge in [0.25, 0.3) is 5.56 Å². The number of allylic oxidation sites excluding steroid dienone is 1. The van der Waals surface area contributed by atoms with Crippen molar-refractivity contribution in [2.45, 2.75) is 46.4 Å². The van der Waals surface area contributed by atoms with Crippen molar-refractivity contribution in [1.29, 1.82) is 5.26 Å². The van der Waals surface area contributed by atoms with Gasteiger partial charge in [-0.3, -0.25) is 9.36 Å². The van der Waals surface area contributed by atoms with E-state index in [4.69, 9.17) is 24.5 Å². The first-order chi connectivity index (χ1) is 21.6. The molecule has 1 atom stereocenters. The molecule has 0 amide bonds. The molecule has 230 valence electrons. The number of esters is 1. The van der Waals surface area contributed by atoms with E-state index in [9.17, 15) is 9.59 Å². The zero-order valence-corrected chi connectivity index (χ0v) is 29.5. The average Bonchev–Trinajstić information content (AvgIpc) is 3.30. The summed E-state index contributed by atoms with van der Waals surface area (Å²) in [7, 11) is 0. The number of rotatable bonds is 9. The lowest BCUT2D eigenvalue weighted by Gasteiger charge is -2.26. The number of hydrogen-bond acceptors (Lipinski definition) is 8. The van der Waals surface area contributed by atoms with Crippen molar-refractivity contribution in [3.8, 4) is 17.6 Å². The van der Waals surface area contributed by atoms with Crippen LogP contribution >= 0.6 is 49.9 Å². The van der Waals surface area contributed by atoms with Gasteiger partial charge in [0.2, 0.25) is 0 Å². The van der Waals surface area contributed by atoms with Gasteiger partial charge in [-0.15, -0.1) is 0 Å². The second-order valence-corrected chi connectivity index (χ2v) is 13.5. The molecule has 0 saturated carbocycles. The number of nitrogens with zero attached hydrogens (tertiary/aromatic N) is 3. The van der Waals surface area contributed by atoms with Gasteiger partial charge in [0.15, 0.2) is 4.80 Å². The number of benzene rings is 3. The standard InChI is InChI=1S/C34H29BrIN3O5S/c1-5-42-33(41)29-20(4)38-34-39(30(29)25-8-6-7-9-27(25)44-19(2)3)32(40)28(45-34)15-23-14-24(35)16-26(36)31(23)43-18-22-12-10-21(17-37)11-13-22/h6-16,19,30H,5,18H2,1-4H3/b28-15-/t30-/m0/s1. The summed E-state index contributed by atoms with van der Waals surface area (Å²) in [5.41, 5.74) is 3.32. The first kappa shape index (κ1) is 32.7. The zero-order valence-electron chi connectivity index (χ0n) is 25.0. The molecule has 0 spiro atoms. The molecular weight excluding hydrogens is 769 g/mol. The molecule has 8 nitrogen and oxygen atoms in total. The molecule has 0 fully saturated rings. The van der Waals surface area contributed by atoms with Crippen molar-refractivity contribution in [2.75, 3.05) is 6.61 Å². The van der Waals surface area contributed by atoms with Crippen LogP contribution in [0.15, 0.2) is 86.2 Å². The topological polar surface area (TPSA) is 103 Å². The number of halogens is 2. The van der Waals surface area contributed by atoms with Crippen LogP contribution in [0, 0.1) is 14.9 Å². The van der Waals surface area contributed by atoms with Gasteiger partial charge in [-0.2, -0.15) is 5.26 Å². The predicted octanol–water partition coefficient (Wildman–Crippen LogP) is 6.40. The van der Waals surface area contributed by atoms with Crippen LogP contribution in [0.25, 0.3) is 6.08 Å². The van der Waals surface area contributed by atoms with E-state index in [2.05, 4.69) is 44.6 Å². The molecule has 0 bridgehead atoms. The first-order valence-electron chi connectivity index (χ1n) is 14.2. The first-order valence-corrected chi connectivity index (χ1v) is 16.9. The lowest BCUT2D eigenvalue weighted by Crippen LogP contribution is -2.40. The Morgan fingerprint density at radius 3 is 2.62 bits per heavy atom. The minimum atomic E-state index is -0.799. The van der Waals surface area contributed by atoms with Gasteiger partial charge < -0.3 is 14.2 Å². The molecule has 1 aromatic heterocycles. The zero-order chi connectivity index (χ0) is 32.2. The summed E-state index contributed by atoms with van der Waals surface area (Å²) in [5, 5.41) is 9.11. The Bertz CT molecular complexity index is 2030. The lowest BCUT2D eigenvalue weighted by atomic mass is 9.95. The molecule has 1 aliphatic heterocycles. The second kappa shape index (κ2) is 14.1. The third-order valence-electron chi connectivity index (χ3n) is 6.88. The quantitative estimate of drug-likeness (QED) is 0.144. The SMILES string of the molecule is CCOC(=O)C1=C(C)N=c2s/c(=C\c3cc(Br)cc(I)c3OCc3ccc(C#N)cc3)c(=O)n2[C@H]1c1ccccc1OC(C)C. The molecule has 11 heteroatoms. The normalized spacial score (nSPS) is 14.5. The fourth-order valence-corrected chi connectivity index (χ4v) is 7.71. The van der Waals surface area contributed by atoms with E-state index in [1.807, 2.05) is 62.4 Å². The van der Waals surface area contributed by atoms with E-state index in [1.165, 1.54) is 11.3 Å². The molecular formula is C34H29BrIN3O5S. The molecule has 45 heavy (non-hydrogen) atoms. The van der Waals surface area contributed by atoms with Crippen LogP contribution in [0.5, 0.6) is 11.5 Å². The van der Waals surface area contributed by atoms with Gasteiger partial charge in [0, 0.05) is 15.6 Å². The van der Waals surface area contributed by atoms with Crippen molar-refractivity contribution in [3.05, 3.63) is 122 Å². The van der Waals surface area contributed by atoms with Gasteiger partial charge in [0.1, 0.15) is 24.1 Å². The molecule has 0 aliphatic carbocycles. The predicted molar refractivity (Wildman–Crippen MR) is 185 cm³/mol. The highest BCUT2D eigenvalue weighted by Crippen LogP contribution is 2.36. The van der Waals surface area contributed by atoms with Gasteiger partial charge in [0.05, 0.1) is 43.7 Å². The number of para-hydroxylation sites is 1. The van der Waals surface area contributed by atoms with E-state index in [-0.39, 0.29) is 24.9 Å². The summed E-state index contributed by atoms with van der Waals surface area (Å²) < 4.78 is 21.5. The summed E-state index contributed by atoms with van der Waals surface area (Å²) in [6.07, 6.45) is 1.67. The van der Waals surface area contributed by atoms with Crippen molar-refractivity contribution >= 4 is 61.9 Å². The Balaban J connectivity index is 1.66. The molecule has 0 saturated heterocycles. The number of aromatic nitrogens is 1. The van der Waals surface area contributed by atoms with Crippen molar-refractivity contribution in [3.63, 3.8) is 0 Å². The molecule has 1 aliphatic rings. The van der Waals surface area contributed by atoms with Gasteiger partial charge in [-0.1, -0.05) is 57.6 Å². The maximum Gasteiger partial charge on any atom is 0.338 e. The number of nitriles is 1. The van der Waals surface area contributed by atoms with E-state index >= 15 is 0 Å². The van der Waals surface area contributed by atoms with Gasteiger partial charge in [-0.05, 0) is 92.3 Å². The Morgan fingerprint density at radius 2 is 1.93 bits per heavy atom. The Labute approximate surface area is 286 Å². The second-order valence-electron chi connectivity index (χ2n) is 10.4. The van der Waals surface area contributed by atoms with Crippen LogP contribution in [0.4, 0.5) is 0 Å². The van der Waals surface area contributed by atoms with Crippen molar-refractivity contribution in [1.82, 2.24) is 4.57 Å². The summed E-state index contributed by atoms with van der Waals surface area (Å²) in [5.74, 6) is 0.658. The molecule has 0 radical (unpaired) electrons. The third-order valence-corrected chi connectivity index (χ3v) is 9.13. The molecule has 0 unspecified atom stereocenters. The van der Waals surface area contributed by atoms with Crippen LogP contribution in [-0.4, -0.2) is 23.2 Å². The van der Waals surface area contributed by atoms with Crippen LogP contribution < -0.4 is 24.4 Å². The maximum absolute atomic E-state index is 14.3. The minimum absolute atomic E-state index is 0.125. The summed E-state index contributed by atoms with van der Waals surface area (Å²) in [4.78, 5) is 32.8. The monoisotopic (exact) mass is 797 g/mol. The average molecular weight is 798 g/mol. The van der Waals surface area contributed by atoms with E-state index in [0.717, 1.165) is 13.6 Å². The number of carbonyl (C=O) groups is 1. The maximum atomic E-state index is 14.3. The summed E-state index contributed by atoms with van der Waals surface area (Å²) in [6, 6.07) is 19.8. The minimum Gasteiger partial charge on any atom is -0.491 e. The highest BCUT2D eigenvalue weighted by Gasteiger charge is 2.35. The van der Waals surface area contributed by atoms with Crippen molar-refractivity contribution < 1.29 is 19.0 Å². The number of carbonyl (C=O) groups excluding carboxylic acids is 1. The fourth-order valence-electron chi connectivity index (χ4n) is 4.97. The van der Waals surface area contributed by atoms with Crippen LogP contribution in [0.3, 0.4) is 0 Å². The molecule has 4 aromatic rings. The molecule has 0 N–H and O–H groups in total. The number of hydrogen-bond donors (Lipinski definition) is 0. The Kier molecular flexibility index (Phi) is 10.3. The summed E-state index contributed by atoms with van der Waals surface area (Å²) >= 11 is 7.03. The van der Waals surface area contributed by atoms with E-state index in [0.29, 0.717) is 48.8 Å². The third kappa shape index (κ3) is 7.08. The van der Waals surface area contributed by atoms with Gasteiger partial charge in [-0.25, -0.2) is 9.79 Å². The Morgan fingerprint density at radius 1 is 1.20 bits per heavy atom. The van der Waals surface area contributed by atoms with E-state index in [1.54, 1.807) is 36.6 Å². The fraction of sp³-hybridized carbons (Fsp3) is 0.235. The van der Waals surface area contributed by atoms with Crippen LogP contribution in [-0.2, 0) is 16.1 Å². The van der Waals surface area contributed by atoms with Crippen LogP contribution in [0.2, 0.25) is 0 Å².